The van der Waals surface area contributed by atoms with Gasteiger partial charge in [0.25, 0.3) is 0 Å². The number of benzene rings is 1. The standard InChI is InChI=1S/C19H26Cl2N4O/c1-12-19(3,13-6-5-7-14(20)15(13)21)16(26-4)24-17(23-12)25-10-8-18(2,22)9-11-25/h5-7,12H,8-11,22H2,1-4H3. The third kappa shape index (κ3) is 3.32. The van der Waals surface area contributed by atoms with Gasteiger partial charge in [0.1, 0.15) is 0 Å². The number of halogens is 2. The largest absolute Gasteiger partial charge is 0.483 e. The van der Waals surface area contributed by atoms with Crippen molar-refractivity contribution in [1.82, 2.24) is 4.90 Å². The van der Waals surface area contributed by atoms with Crippen molar-refractivity contribution in [3.63, 3.8) is 0 Å². The third-order valence-electron chi connectivity index (χ3n) is 5.68. The average Bonchev–Trinajstić information content (AvgIpc) is 2.59. The highest BCUT2D eigenvalue weighted by molar-refractivity contribution is 6.42. The number of hydrogen-bond donors (Lipinski definition) is 1. The van der Waals surface area contributed by atoms with Crippen LogP contribution in [0, 0.1) is 0 Å². The van der Waals surface area contributed by atoms with Gasteiger partial charge in [0.15, 0.2) is 0 Å². The molecule has 0 radical (unpaired) electrons. The summed E-state index contributed by atoms with van der Waals surface area (Å²) in [4.78, 5) is 11.8. The summed E-state index contributed by atoms with van der Waals surface area (Å²) in [6.45, 7) is 7.88. The van der Waals surface area contributed by atoms with Gasteiger partial charge in [-0.25, -0.2) is 4.99 Å². The first-order valence-corrected chi connectivity index (χ1v) is 9.64. The van der Waals surface area contributed by atoms with Crippen LogP contribution in [0.5, 0.6) is 0 Å². The molecule has 2 unspecified atom stereocenters. The van der Waals surface area contributed by atoms with Gasteiger partial charge < -0.3 is 15.4 Å². The molecule has 2 heterocycles. The van der Waals surface area contributed by atoms with Gasteiger partial charge in [-0.2, -0.15) is 4.99 Å². The van der Waals surface area contributed by atoms with Gasteiger partial charge in [-0.3, -0.25) is 0 Å². The molecule has 1 saturated heterocycles. The third-order valence-corrected chi connectivity index (χ3v) is 6.50. The summed E-state index contributed by atoms with van der Waals surface area (Å²) in [5, 5.41) is 1.03. The number of aliphatic imine (C=N–C) groups is 2. The topological polar surface area (TPSA) is 63.2 Å². The second kappa shape index (κ2) is 7.02. The van der Waals surface area contributed by atoms with Crippen LogP contribution in [-0.2, 0) is 10.2 Å². The van der Waals surface area contributed by atoms with Crippen LogP contribution in [-0.4, -0.2) is 48.5 Å². The summed E-state index contributed by atoms with van der Waals surface area (Å²) < 4.78 is 5.70. The number of nitrogens with zero attached hydrogens (tertiary/aromatic N) is 3. The number of nitrogens with two attached hydrogens (primary N) is 1. The Kier molecular flexibility index (Phi) is 5.26. The summed E-state index contributed by atoms with van der Waals surface area (Å²) in [7, 11) is 1.64. The van der Waals surface area contributed by atoms with Crippen molar-refractivity contribution in [3.05, 3.63) is 33.8 Å². The summed E-state index contributed by atoms with van der Waals surface area (Å²) in [5.41, 5.74) is 6.42. The zero-order chi connectivity index (χ0) is 19.1. The Morgan fingerprint density at radius 2 is 1.88 bits per heavy atom. The monoisotopic (exact) mass is 396 g/mol. The van der Waals surface area contributed by atoms with Crippen LogP contribution in [0.4, 0.5) is 0 Å². The van der Waals surface area contributed by atoms with Gasteiger partial charge in [-0.1, -0.05) is 35.3 Å². The molecule has 2 atom stereocenters. The van der Waals surface area contributed by atoms with Crippen LogP contribution in [0.2, 0.25) is 10.0 Å². The maximum Gasteiger partial charge on any atom is 0.224 e. The van der Waals surface area contributed by atoms with E-state index in [4.69, 9.17) is 43.7 Å². The number of likely N-dealkylation sites (tertiary alicyclic amines) is 1. The minimum absolute atomic E-state index is 0.105. The molecule has 0 aliphatic carbocycles. The van der Waals surface area contributed by atoms with Crippen molar-refractivity contribution in [2.24, 2.45) is 15.7 Å². The summed E-state index contributed by atoms with van der Waals surface area (Å²) in [5.74, 6) is 1.31. The minimum atomic E-state index is -0.585. The van der Waals surface area contributed by atoms with E-state index in [0.29, 0.717) is 21.9 Å². The molecular weight excluding hydrogens is 371 g/mol. The van der Waals surface area contributed by atoms with Crippen LogP contribution in [0.25, 0.3) is 0 Å². The van der Waals surface area contributed by atoms with Gasteiger partial charge in [0.05, 0.1) is 28.6 Å². The van der Waals surface area contributed by atoms with Crippen LogP contribution in [0.3, 0.4) is 0 Å². The van der Waals surface area contributed by atoms with Gasteiger partial charge in [0, 0.05) is 18.6 Å². The van der Waals surface area contributed by atoms with Crippen LogP contribution >= 0.6 is 23.2 Å². The van der Waals surface area contributed by atoms with E-state index in [0.717, 1.165) is 31.5 Å². The van der Waals surface area contributed by atoms with Gasteiger partial charge in [0.2, 0.25) is 11.9 Å². The summed E-state index contributed by atoms with van der Waals surface area (Å²) >= 11 is 12.7. The maximum absolute atomic E-state index is 6.50. The number of methoxy groups -OCH3 is 1. The van der Waals surface area contributed by atoms with Crippen molar-refractivity contribution in [2.45, 2.75) is 50.6 Å². The number of piperidine rings is 1. The van der Waals surface area contributed by atoms with E-state index in [1.807, 2.05) is 19.1 Å². The van der Waals surface area contributed by atoms with Crippen LogP contribution < -0.4 is 5.73 Å². The lowest BCUT2D eigenvalue weighted by Gasteiger charge is -2.41. The number of ether oxygens (including phenoxy) is 1. The van der Waals surface area contributed by atoms with Crippen molar-refractivity contribution in [1.29, 1.82) is 0 Å². The number of hydrogen-bond acceptors (Lipinski definition) is 5. The van der Waals surface area contributed by atoms with E-state index in [2.05, 4.69) is 18.7 Å². The molecule has 142 valence electrons. The Morgan fingerprint density at radius 1 is 1.23 bits per heavy atom. The molecule has 0 spiro atoms. The van der Waals surface area contributed by atoms with Crippen molar-refractivity contribution in [3.8, 4) is 0 Å². The molecule has 2 aliphatic rings. The fraction of sp³-hybridized carbons (Fsp3) is 0.579. The van der Waals surface area contributed by atoms with Gasteiger partial charge >= 0.3 is 0 Å². The molecule has 26 heavy (non-hydrogen) atoms. The van der Waals surface area contributed by atoms with E-state index in [-0.39, 0.29) is 11.6 Å². The molecule has 2 aliphatic heterocycles. The number of rotatable bonds is 1. The van der Waals surface area contributed by atoms with Gasteiger partial charge in [-0.05, 0) is 45.2 Å². The van der Waals surface area contributed by atoms with E-state index < -0.39 is 5.41 Å². The zero-order valence-electron chi connectivity index (χ0n) is 15.7. The quantitative estimate of drug-likeness (QED) is 0.783. The molecule has 5 nitrogen and oxygen atoms in total. The predicted octanol–water partition coefficient (Wildman–Crippen LogP) is 3.87. The zero-order valence-corrected chi connectivity index (χ0v) is 17.2. The fourth-order valence-electron chi connectivity index (χ4n) is 3.59. The number of guanidine groups is 1. The van der Waals surface area contributed by atoms with Crippen molar-refractivity contribution >= 4 is 35.1 Å². The Balaban J connectivity index is 1.96. The fourth-order valence-corrected chi connectivity index (χ4v) is 4.09. The van der Waals surface area contributed by atoms with E-state index in [1.165, 1.54) is 0 Å². The molecule has 1 fully saturated rings. The molecule has 0 bridgehead atoms. The molecule has 1 aromatic rings. The average molecular weight is 397 g/mol. The van der Waals surface area contributed by atoms with E-state index >= 15 is 0 Å². The molecule has 7 heteroatoms. The lowest BCUT2D eigenvalue weighted by atomic mass is 9.75. The molecule has 2 N–H and O–H groups in total. The Labute approximate surface area is 165 Å². The first kappa shape index (κ1) is 19.5. The normalized spacial score (nSPS) is 28.4. The Morgan fingerprint density at radius 3 is 2.50 bits per heavy atom. The second-order valence-electron chi connectivity index (χ2n) is 7.67. The second-order valence-corrected chi connectivity index (χ2v) is 8.46. The molecule has 0 saturated carbocycles. The first-order valence-electron chi connectivity index (χ1n) is 8.88. The van der Waals surface area contributed by atoms with Crippen molar-refractivity contribution in [2.75, 3.05) is 20.2 Å². The van der Waals surface area contributed by atoms with E-state index in [9.17, 15) is 0 Å². The molecule has 0 aromatic heterocycles. The van der Waals surface area contributed by atoms with Crippen LogP contribution in [0.15, 0.2) is 28.2 Å². The first-order chi connectivity index (χ1) is 12.2. The summed E-state index contributed by atoms with van der Waals surface area (Å²) in [6.07, 6.45) is 1.82. The van der Waals surface area contributed by atoms with E-state index in [1.54, 1.807) is 13.2 Å². The highest BCUT2D eigenvalue weighted by Crippen LogP contribution is 2.41. The molecule has 0 amide bonds. The van der Waals surface area contributed by atoms with Crippen LogP contribution in [0.1, 0.15) is 39.2 Å². The van der Waals surface area contributed by atoms with Gasteiger partial charge in [-0.15, -0.1) is 0 Å². The predicted molar refractivity (Wildman–Crippen MR) is 109 cm³/mol. The highest BCUT2D eigenvalue weighted by Gasteiger charge is 2.45. The minimum Gasteiger partial charge on any atom is -0.483 e. The summed E-state index contributed by atoms with van der Waals surface area (Å²) in [6, 6.07) is 5.52. The lowest BCUT2D eigenvalue weighted by Crippen LogP contribution is -2.53. The van der Waals surface area contributed by atoms with Crippen molar-refractivity contribution < 1.29 is 4.74 Å². The molecule has 3 rings (SSSR count). The smallest absolute Gasteiger partial charge is 0.224 e. The molecular formula is C19H26Cl2N4O. The Bertz CT molecular complexity index is 752. The Hall–Kier alpha value is -1.30. The lowest BCUT2D eigenvalue weighted by molar-refractivity contribution is 0.238. The SMILES string of the molecule is COC1=NC(N2CCC(C)(N)CC2)=NC(C)C1(C)c1cccc(Cl)c1Cl. The maximum atomic E-state index is 6.50. The highest BCUT2D eigenvalue weighted by atomic mass is 35.5. The molecule has 1 aromatic carbocycles.